The largest absolute Gasteiger partial charge is 0.326 e. The predicted octanol–water partition coefficient (Wildman–Crippen LogP) is 4.51. The summed E-state index contributed by atoms with van der Waals surface area (Å²) in [5, 5.41) is 6.00. The number of rotatable bonds is 5. The Hall–Kier alpha value is -3.36. The lowest BCUT2D eigenvalue weighted by atomic mass is 9.90. The Morgan fingerprint density at radius 1 is 1.03 bits per heavy atom. The number of hydrogen-bond donors (Lipinski definition) is 3. The van der Waals surface area contributed by atoms with Gasteiger partial charge in [0, 0.05) is 28.5 Å². The molecule has 9 heteroatoms. The van der Waals surface area contributed by atoms with Crippen LogP contribution in [-0.4, -0.2) is 20.2 Å². The number of para-hydroxylation sites is 1. The van der Waals surface area contributed by atoms with Crippen molar-refractivity contribution in [3.05, 3.63) is 82.9 Å². The van der Waals surface area contributed by atoms with Gasteiger partial charge in [-0.1, -0.05) is 35.9 Å². The van der Waals surface area contributed by atoms with Gasteiger partial charge in [-0.2, -0.15) is 0 Å². The minimum atomic E-state index is -3.91. The van der Waals surface area contributed by atoms with E-state index in [1.54, 1.807) is 67.6 Å². The van der Waals surface area contributed by atoms with E-state index in [1.165, 1.54) is 6.07 Å². The van der Waals surface area contributed by atoms with Crippen molar-refractivity contribution < 1.29 is 18.0 Å². The topological polar surface area (TPSA) is 104 Å². The highest BCUT2D eigenvalue weighted by atomic mass is 35.5. The first-order valence-electron chi connectivity index (χ1n) is 9.81. The third-order valence-electron chi connectivity index (χ3n) is 5.16. The van der Waals surface area contributed by atoms with E-state index in [2.05, 4.69) is 15.4 Å². The molecule has 0 fully saturated rings. The molecule has 0 bridgehead atoms. The first-order valence-corrected chi connectivity index (χ1v) is 11.7. The third-order valence-corrected chi connectivity index (χ3v) is 6.93. The lowest BCUT2D eigenvalue weighted by Gasteiger charge is -2.25. The number of carbonyl (C=O) groups excluding carboxylic acids is 2. The molecule has 1 aliphatic rings. The van der Waals surface area contributed by atoms with Crippen molar-refractivity contribution in [3.63, 3.8) is 0 Å². The quantitative estimate of drug-likeness (QED) is 0.511. The third kappa shape index (κ3) is 4.61. The molecular formula is C23H20ClN3O4S. The van der Waals surface area contributed by atoms with Crippen molar-refractivity contribution >= 4 is 50.5 Å². The van der Waals surface area contributed by atoms with E-state index in [4.69, 9.17) is 11.6 Å². The van der Waals surface area contributed by atoms with E-state index in [9.17, 15) is 18.0 Å². The summed E-state index contributed by atoms with van der Waals surface area (Å²) in [4.78, 5) is 25.0. The Kier molecular flexibility index (Phi) is 5.90. The Balaban J connectivity index is 1.58. The van der Waals surface area contributed by atoms with E-state index in [1.807, 2.05) is 0 Å². The van der Waals surface area contributed by atoms with Crippen molar-refractivity contribution in [2.75, 3.05) is 15.4 Å². The monoisotopic (exact) mass is 469 g/mol. The van der Waals surface area contributed by atoms with Crippen LogP contribution in [0.3, 0.4) is 0 Å². The highest BCUT2D eigenvalue weighted by Crippen LogP contribution is 2.33. The van der Waals surface area contributed by atoms with E-state index in [-0.39, 0.29) is 23.1 Å². The first-order chi connectivity index (χ1) is 15.2. The van der Waals surface area contributed by atoms with Gasteiger partial charge < -0.3 is 10.6 Å². The molecular weight excluding hydrogens is 450 g/mol. The zero-order valence-electron chi connectivity index (χ0n) is 17.1. The maximum Gasteiger partial charge on any atom is 0.262 e. The Morgan fingerprint density at radius 3 is 2.47 bits per heavy atom. The molecule has 0 saturated heterocycles. The van der Waals surface area contributed by atoms with Gasteiger partial charge in [0.2, 0.25) is 11.8 Å². The van der Waals surface area contributed by atoms with Crippen LogP contribution in [0.25, 0.3) is 0 Å². The molecule has 0 saturated carbocycles. The number of hydrogen-bond acceptors (Lipinski definition) is 4. The molecule has 0 aromatic heterocycles. The van der Waals surface area contributed by atoms with Crippen molar-refractivity contribution in [1.29, 1.82) is 0 Å². The van der Waals surface area contributed by atoms with Crippen LogP contribution in [0.15, 0.2) is 71.6 Å². The van der Waals surface area contributed by atoms with Gasteiger partial charge in [0.15, 0.2) is 0 Å². The maximum absolute atomic E-state index is 13.0. The smallest absolute Gasteiger partial charge is 0.262 e. The fourth-order valence-electron chi connectivity index (χ4n) is 3.57. The van der Waals surface area contributed by atoms with Crippen molar-refractivity contribution in [3.8, 4) is 0 Å². The number of benzene rings is 3. The molecule has 7 nitrogen and oxygen atoms in total. The van der Waals surface area contributed by atoms with Crippen LogP contribution in [0.1, 0.15) is 23.5 Å². The molecule has 2 amide bonds. The molecule has 1 atom stereocenters. The standard InChI is InChI=1S/C23H20ClN3O4S/c1-14-6-9-17(12-21(14)32(30,31)27-16-10-7-15(24)8-11-16)25-23(29)19-13-22(28)26-20-5-3-2-4-18(19)20/h2-12,19,27H,13H2,1H3,(H,25,29)(H,26,28)/t19-/m1/s1. The van der Waals surface area contributed by atoms with Crippen LogP contribution in [0.2, 0.25) is 5.02 Å². The number of sulfonamides is 1. The van der Waals surface area contributed by atoms with Gasteiger partial charge in [-0.25, -0.2) is 8.42 Å². The summed E-state index contributed by atoms with van der Waals surface area (Å²) in [6, 6.07) is 18.1. The fourth-order valence-corrected chi connectivity index (χ4v) is 5.03. The lowest BCUT2D eigenvalue weighted by Crippen LogP contribution is -2.30. The maximum atomic E-state index is 13.0. The van der Waals surface area contributed by atoms with Crippen LogP contribution in [0.4, 0.5) is 17.1 Å². The van der Waals surface area contributed by atoms with Crippen LogP contribution in [0.5, 0.6) is 0 Å². The van der Waals surface area contributed by atoms with Crippen LogP contribution >= 0.6 is 11.6 Å². The van der Waals surface area contributed by atoms with Gasteiger partial charge >= 0.3 is 0 Å². The minimum absolute atomic E-state index is 0.0119. The SMILES string of the molecule is Cc1ccc(NC(=O)[C@@H]2CC(=O)Nc3ccccc32)cc1S(=O)(=O)Nc1ccc(Cl)cc1. The number of halogens is 1. The molecule has 4 rings (SSSR count). The highest BCUT2D eigenvalue weighted by Gasteiger charge is 2.30. The number of nitrogens with one attached hydrogen (secondary N) is 3. The minimum Gasteiger partial charge on any atom is -0.326 e. The van der Waals surface area contributed by atoms with E-state index >= 15 is 0 Å². The lowest BCUT2D eigenvalue weighted by molar-refractivity contribution is -0.123. The predicted molar refractivity (Wildman–Crippen MR) is 124 cm³/mol. The summed E-state index contributed by atoms with van der Waals surface area (Å²) >= 11 is 5.86. The molecule has 0 unspecified atom stereocenters. The molecule has 0 spiro atoms. The average Bonchev–Trinajstić information content (AvgIpc) is 2.75. The van der Waals surface area contributed by atoms with Gasteiger partial charge in [0.25, 0.3) is 10.0 Å². The summed E-state index contributed by atoms with van der Waals surface area (Å²) in [5.41, 5.74) is 2.53. The second kappa shape index (κ2) is 8.64. The van der Waals surface area contributed by atoms with Gasteiger partial charge in [-0.15, -0.1) is 0 Å². The van der Waals surface area contributed by atoms with E-state index in [0.29, 0.717) is 33.2 Å². The summed E-state index contributed by atoms with van der Waals surface area (Å²) in [6.45, 7) is 1.67. The van der Waals surface area contributed by atoms with Crippen LogP contribution < -0.4 is 15.4 Å². The number of amides is 2. The van der Waals surface area contributed by atoms with Gasteiger partial charge in [0.05, 0.1) is 10.8 Å². The second-order valence-corrected chi connectivity index (χ2v) is 9.56. The molecule has 32 heavy (non-hydrogen) atoms. The van der Waals surface area contributed by atoms with Crippen molar-refractivity contribution in [2.45, 2.75) is 24.2 Å². The first kappa shape index (κ1) is 21.9. The van der Waals surface area contributed by atoms with Crippen molar-refractivity contribution in [2.24, 2.45) is 0 Å². The van der Waals surface area contributed by atoms with Gasteiger partial charge in [-0.3, -0.25) is 14.3 Å². The van der Waals surface area contributed by atoms with Gasteiger partial charge in [0.1, 0.15) is 0 Å². The Morgan fingerprint density at radius 2 is 1.72 bits per heavy atom. The Labute approximate surface area is 190 Å². The summed E-state index contributed by atoms with van der Waals surface area (Å²) in [5.74, 6) is -1.30. The number of carbonyl (C=O) groups is 2. The number of fused-ring (bicyclic) bond motifs is 1. The molecule has 1 aliphatic heterocycles. The normalized spacial score (nSPS) is 15.4. The summed E-state index contributed by atoms with van der Waals surface area (Å²) in [6.07, 6.45) is 0.0119. The zero-order chi connectivity index (χ0) is 22.9. The molecule has 164 valence electrons. The highest BCUT2D eigenvalue weighted by molar-refractivity contribution is 7.92. The average molecular weight is 470 g/mol. The molecule has 3 N–H and O–H groups in total. The zero-order valence-corrected chi connectivity index (χ0v) is 18.6. The Bertz CT molecular complexity index is 1310. The summed E-state index contributed by atoms with van der Waals surface area (Å²) < 4.78 is 28.4. The van der Waals surface area contributed by atoms with E-state index < -0.39 is 15.9 Å². The van der Waals surface area contributed by atoms with Gasteiger partial charge in [-0.05, 0) is 60.5 Å². The molecule has 3 aromatic carbocycles. The fraction of sp³-hybridized carbons (Fsp3) is 0.130. The molecule has 0 radical (unpaired) electrons. The molecule has 3 aromatic rings. The number of anilines is 3. The van der Waals surface area contributed by atoms with E-state index in [0.717, 1.165) is 0 Å². The second-order valence-electron chi connectivity index (χ2n) is 7.47. The molecule has 1 heterocycles. The van der Waals surface area contributed by atoms with Crippen LogP contribution in [-0.2, 0) is 19.6 Å². The molecule has 0 aliphatic carbocycles. The van der Waals surface area contributed by atoms with Crippen LogP contribution in [0, 0.1) is 6.92 Å². The van der Waals surface area contributed by atoms with Crippen molar-refractivity contribution in [1.82, 2.24) is 0 Å². The number of aryl methyl sites for hydroxylation is 1. The summed E-state index contributed by atoms with van der Waals surface area (Å²) in [7, 11) is -3.91.